The Morgan fingerprint density at radius 1 is 0.882 bits per heavy atom. The van der Waals surface area contributed by atoms with E-state index in [1.54, 1.807) is 61.5 Å². The van der Waals surface area contributed by atoms with Crippen LogP contribution in [0.3, 0.4) is 0 Å². The Balaban J connectivity index is 1.59. The average molecular weight is 460 g/mol. The first kappa shape index (κ1) is 24.2. The fourth-order valence-corrected chi connectivity index (χ4v) is 3.12. The molecule has 0 saturated heterocycles. The molecule has 0 fully saturated rings. The summed E-state index contributed by atoms with van der Waals surface area (Å²) in [6.07, 6.45) is 0. The maximum Gasteiger partial charge on any atom is 0.347 e. The van der Waals surface area contributed by atoms with Gasteiger partial charge in [-0.25, -0.2) is 10.2 Å². The van der Waals surface area contributed by atoms with Gasteiger partial charge in [-0.3, -0.25) is 9.59 Å². The zero-order chi connectivity index (χ0) is 24.7. The number of benzene rings is 3. The van der Waals surface area contributed by atoms with Gasteiger partial charge in [-0.1, -0.05) is 29.8 Å². The molecule has 0 atom stereocenters. The summed E-state index contributed by atoms with van der Waals surface area (Å²) in [6.45, 7) is 5.47. The number of nitrogens with one attached hydrogen (secondary N) is 2. The molecule has 3 rings (SSSR count). The van der Waals surface area contributed by atoms with Crippen LogP contribution in [0, 0.1) is 13.8 Å². The highest BCUT2D eigenvalue weighted by atomic mass is 16.5. The largest absolute Gasteiger partial charge is 0.496 e. The topological polar surface area (TPSA) is 106 Å². The number of para-hydroxylation sites is 1. The molecule has 0 radical (unpaired) electrons. The molecule has 0 bridgehead atoms. The molecule has 0 aliphatic rings. The van der Waals surface area contributed by atoms with E-state index in [1.165, 1.54) is 7.11 Å². The van der Waals surface area contributed by atoms with E-state index < -0.39 is 17.8 Å². The van der Waals surface area contributed by atoms with E-state index in [0.29, 0.717) is 34.0 Å². The third-order valence-corrected chi connectivity index (χ3v) is 4.97. The molecule has 0 saturated carbocycles. The first-order valence-corrected chi connectivity index (χ1v) is 10.5. The molecule has 0 heterocycles. The molecule has 8 heteroatoms. The second-order valence-corrected chi connectivity index (χ2v) is 7.52. The van der Waals surface area contributed by atoms with Crippen LogP contribution < -0.4 is 20.2 Å². The van der Waals surface area contributed by atoms with Gasteiger partial charge in [0.2, 0.25) is 0 Å². The monoisotopic (exact) mass is 459 g/mol. The van der Waals surface area contributed by atoms with E-state index in [4.69, 9.17) is 9.47 Å². The van der Waals surface area contributed by atoms with Crippen LogP contribution in [0.25, 0.3) is 0 Å². The lowest BCUT2D eigenvalue weighted by Gasteiger charge is -2.09. The van der Waals surface area contributed by atoms with E-state index in [0.717, 1.165) is 11.1 Å². The lowest BCUT2D eigenvalue weighted by molar-refractivity contribution is -0.136. The molecule has 34 heavy (non-hydrogen) atoms. The molecule has 2 amide bonds. The number of esters is 1. The van der Waals surface area contributed by atoms with Gasteiger partial charge in [0.15, 0.2) is 0 Å². The number of anilines is 1. The first-order valence-electron chi connectivity index (χ1n) is 10.5. The highest BCUT2D eigenvalue weighted by molar-refractivity contribution is 6.39. The summed E-state index contributed by atoms with van der Waals surface area (Å²) in [5.74, 6) is -1.49. The van der Waals surface area contributed by atoms with Crippen LogP contribution in [0.5, 0.6) is 11.5 Å². The van der Waals surface area contributed by atoms with Crippen molar-refractivity contribution in [3.63, 3.8) is 0 Å². The third-order valence-electron chi connectivity index (χ3n) is 4.97. The minimum absolute atomic E-state index is 0.314. The van der Waals surface area contributed by atoms with Crippen LogP contribution in [-0.4, -0.2) is 30.6 Å². The minimum Gasteiger partial charge on any atom is -0.496 e. The fourth-order valence-electron chi connectivity index (χ4n) is 3.12. The summed E-state index contributed by atoms with van der Waals surface area (Å²) in [4.78, 5) is 36.7. The van der Waals surface area contributed by atoms with E-state index in [2.05, 4.69) is 15.8 Å². The number of carbonyl (C=O) groups excluding carboxylic acids is 3. The number of methoxy groups -OCH3 is 1. The molecule has 2 N–H and O–H groups in total. The minimum atomic E-state index is -0.887. The van der Waals surface area contributed by atoms with Crippen molar-refractivity contribution in [3.8, 4) is 11.5 Å². The summed E-state index contributed by atoms with van der Waals surface area (Å²) in [7, 11) is 1.48. The van der Waals surface area contributed by atoms with E-state index >= 15 is 0 Å². The number of rotatable bonds is 6. The quantitative estimate of drug-likeness (QED) is 0.190. The zero-order valence-electron chi connectivity index (χ0n) is 19.3. The van der Waals surface area contributed by atoms with Crippen LogP contribution in [0.2, 0.25) is 0 Å². The Morgan fingerprint density at radius 3 is 2.26 bits per heavy atom. The van der Waals surface area contributed by atoms with Crippen LogP contribution in [0.4, 0.5) is 5.69 Å². The molecule has 0 aliphatic heterocycles. The van der Waals surface area contributed by atoms with Crippen molar-refractivity contribution in [1.82, 2.24) is 5.43 Å². The molecule has 8 nitrogen and oxygen atoms in total. The molecule has 0 aliphatic carbocycles. The number of carbonyl (C=O) groups is 3. The van der Waals surface area contributed by atoms with Crippen LogP contribution >= 0.6 is 0 Å². The van der Waals surface area contributed by atoms with E-state index in [1.807, 2.05) is 26.0 Å². The standard InChI is InChI=1S/C26H25N3O5/c1-16-9-14-22(17(2)15-16)27-24(30)25(31)29-28-18(3)19-10-12-20(13-11-19)34-26(32)21-7-5-6-8-23(21)33-4/h5-15H,1-4H3,(H,27,30)(H,29,31)/b28-18+. The fraction of sp³-hybridized carbons (Fsp3) is 0.154. The van der Waals surface area contributed by atoms with Gasteiger partial charge in [0.05, 0.1) is 12.8 Å². The van der Waals surface area contributed by atoms with E-state index in [9.17, 15) is 14.4 Å². The number of amides is 2. The normalized spacial score (nSPS) is 10.9. The van der Waals surface area contributed by atoms with Crippen molar-refractivity contribution in [2.24, 2.45) is 5.10 Å². The second kappa shape index (κ2) is 10.9. The maximum absolute atomic E-state index is 12.4. The number of hydrazone groups is 1. The summed E-state index contributed by atoms with van der Waals surface area (Å²) in [5, 5.41) is 6.56. The molecular weight excluding hydrogens is 434 g/mol. The molecule has 0 unspecified atom stereocenters. The molecule has 0 aromatic heterocycles. The van der Waals surface area contributed by atoms with Crippen molar-refractivity contribution in [1.29, 1.82) is 0 Å². The van der Waals surface area contributed by atoms with Gasteiger partial charge in [-0.2, -0.15) is 5.10 Å². The lowest BCUT2D eigenvalue weighted by atomic mass is 10.1. The number of ether oxygens (including phenoxy) is 2. The summed E-state index contributed by atoms with van der Waals surface area (Å²) in [6, 6.07) is 18.9. The van der Waals surface area contributed by atoms with Gasteiger partial charge in [-0.15, -0.1) is 0 Å². The van der Waals surface area contributed by atoms with Gasteiger partial charge in [0, 0.05) is 5.69 Å². The SMILES string of the molecule is COc1ccccc1C(=O)Oc1ccc(/C(C)=N/NC(=O)C(=O)Nc2ccc(C)cc2C)cc1. The smallest absolute Gasteiger partial charge is 0.347 e. The van der Waals surface area contributed by atoms with E-state index in [-0.39, 0.29) is 0 Å². The Morgan fingerprint density at radius 2 is 1.59 bits per heavy atom. The van der Waals surface area contributed by atoms with Crippen molar-refractivity contribution in [2.45, 2.75) is 20.8 Å². The average Bonchev–Trinajstić information content (AvgIpc) is 2.84. The Hall–Kier alpha value is -4.46. The molecule has 3 aromatic carbocycles. The first-order chi connectivity index (χ1) is 16.3. The molecule has 0 spiro atoms. The Bertz CT molecular complexity index is 1250. The highest BCUT2D eigenvalue weighted by Crippen LogP contribution is 2.21. The lowest BCUT2D eigenvalue weighted by Crippen LogP contribution is -2.33. The number of hydrogen-bond acceptors (Lipinski definition) is 6. The van der Waals surface area contributed by atoms with Crippen molar-refractivity contribution >= 4 is 29.2 Å². The van der Waals surface area contributed by atoms with Crippen molar-refractivity contribution in [2.75, 3.05) is 12.4 Å². The zero-order valence-corrected chi connectivity index (χ0v) is 19.3. The van der Waals surface area contributed by atoms with Gasteiger partial charge < -0.3 is 14.8 Å². The second-order valence-electron chi connectivity index (χ2n) is 7.52. The molecule has 174 valence electrons. The summed E-state index contributed by atoms with van der Waals surface area (Å²) in [5.41, 5.74) is 6.18. The Labute approximate surface area is 197 Å². The van der Waals surface area contributed by atoms with Crippen molar-refractivity contribution < 1.29 is 23.9 Å². The molecular formula is C26H25N3O5. The van der Waals surface area contributed by atoms with Gasteiger partial charge in [0.1, 0.15) is 17.1 Å². The highest BCUT2D eigenvalue weighted by Gasteiger charge is 2.15. The predicted octanol–water partition coefficient (Wildman–Crippen LogP) is 4.01. The van der Waals surface area contributed by atoms with Gasteiger partial charge in [-0.05, 0) is 74.4 Å². The van der Waals surface area contributed by atoms with Crippen LogP contribution in [0.1, 0.15) is 34.0 Å². The van der Waals surface area contributed by atoms with Gasteiger partial charge >= 0.3 is 17.8 Å². The number of nitrogens with zero attached hydrogens (tertiary/aromatic N) is 1. The number of aryl methyl sites for hydroxylation is 2. The van der Waals surface area contributed by atoms with Gasteiger partial charge in [0.25, 0.3) is 0 Å². The summed E-state index contributed by atoms with van der Waals surface area (Å²) < 4.78 is 10.6. The summed E-state index contributed by atoms with van der Waals surface area (Å²) >= 11 is 0. The predicted molar refractivity (Wildman–Crippen MR) is 129 cm³/mol. The Kier molecular flexibility index (Phi) is 7.76. The maximum atomic E-state index is 12.4. The van der Waals surface area contributed by atoms with Crippen molar-refractivity contribution in [3.05, 3.63) is 89.0 Å². The van der Waals surface area contributed by atoms with Crippen LogP contribution in [0.15, 0.2) is 71.8 Å². The number of hydrogen-bond donors (Lipinski definition) is 2. The molecule has 3 aromatic rings. The van der Waals surface area contributed by atoms with Crippen LogP contribution in [-0.2, 0) is 9.59 Å². The third kappa shape index (κ3) is 6.07.